The molecule has 0 aliphatic rings. The molecule has 3 N–H and O–H groups in total. The average molecular weight is 540 g/mol. The molecular weight excluding hydrogens is 494 g/mol. The van der Waals surface area contributed by atoms with Gasteiger partial charge in [0.05, 0.1) is 0 Å². The summed E-state index contributed by atoms with van der Waals surface area (Å²) in [6.45, 7) is 15.0. The standard InChI is InChI=1S/C31H45N3O5/c1-9-11-19-34(29(37)25(20(3)10-2)33-30(38)39-31(6,7)8)26(23-17-14-16-22(5)27(23)35)28(36)32-24-18-13-12-15-21(24)4/h12-18,20,25-26,35H,9-11,19H2,1-8H3,(H,32,36)(H,33,38). The molecule has 3 amide bonds. The summed E-state index contributed by atoms with van der Waals surface area (Å²) in [5.74, 6) is -1.14. The van der Waals surface area contributed by atoms with Gasteiger partial charge in [-0.05, 0) is 64.2 Å². The fourth-order valence-electron chi connectivity index (χ4n) is 4.26. The largest absolute Gasteiger partial charge is 0.507 e. The average Bonchev–Trinajstić information content (AvgIpc) is 2.86. The molecule has 0 aliphatic heterocycles. The molecule has 3 atom stereocenters. The Hall–Kier alpha value is -3.55. The minimum Gasteiger partial charge on any atom is -0.507 e. The van der Waals surface area contributed by atoms with Gasteiger partial charge in [0.15, 0.2) is 0 Å². The van der Waals surface area contributed by atoms with Gasteiger partial charge in [-0.1, -0.05) is 70.0 Å². The maximum absolute atomic E-state index is 14.3. The monoisotopic (exact) mass is 539 g/mol. The third kappa shape index (κ3) is 8.73. The molecule has 0 heterocycles. The molecule has 2 rings (SSSR count). The first-order chi connectivity index (χ1) is 18.3. The summed E-state index contributed by atoms with van der Waals surface area (Å²) in [4.78, 5) is 42.5. The molecule has 2 aromatic rings. The molecule has 0 spiro atoms. The Morgan fingerprint density at radius 2 is 1.64 bits per heavy atom. The van der Waals surface area contributed by atoms with Crippen LogP contribution in [-0.4, -0.2) is 46.1 Å². The number of phenols is 1. The highest BCUT2D eigenvalue weighted by molar-refractivity contribution is 5.99. The zero-order valence-electron chi connectivity index (χ0n) is 24.6. The first-order valence-corrected chi connectivity index (χ1v) is 13.8. The quantitative estimate of drug-likeness (QED) is 0.312. The second kappa shape index (κ2) is 14.0. The van der Waals surface area contributed by atoms with Gasteiger partial charge in [-0.25, -0.2) is 4.79 Å². The van der Waals surface area contributed by atoms with Crippen LogP contribution >= 0.6 is 0 Å². The van der Waals surface area contributed by atoms with Gasteiger partial charge in [0.2, 0.25) is 5.91 Å². The number of nitrogens with zero attached hydrogens (tertiary/aromatic N) is 1. The van der Waals surface area contributed by atoms with Crippen LogP contribution in [0.3, 0.4) is 0 Å². The topological polar surface area (TPSA) is 108 Å². The number of carbonyl (C=O) groups is 3. The van der Waals surface area contributed by atoms with Crippen molar-refractivity contribution in [3.8, 4) is 5.75 Å². The van der Waals surface area contributed by atoms with Crippen molar-refractivity contribution >= 4 is 23.6 Å². The summed E-state index contributed by atoms with van der Waals surface area (Å²) < 4.78 is 5.45. The SMILES string of the molecule is CCCCN(C(=O)C(NC(=O)OC(C)(C)C)C(C)CC)C(C(=O)Nc1ccccc1C)c1cccc(C)c1O. The highest BCUT2D eigenvalue weighted by atomic mass is 16.6. The first-order valence-electron chi connectivity index (χ1n) is 13.8. The molecule has 2 aromatic carbocycles. The number of ether oxygens (including phenoxy) is 1. The molecule has 0 saturated carbocycles. The molecular formula is C31H45N3O5. The third-order valence-electron chi connectivity index (χ3n) is 6.71. The number of aromatic hydroxyl groups is 1. The minimum atomic E-state index is -1.13. The van der Waals surface area contributed by atoms with Crippen molar-refractivity contribution in [3.63, 3.8) is 0 Å². The zero-order valence-corrected chi connectivity index (χ0v) is 24.6. The van der Waals surface area contributed by atoms with Gasteiger partial charge in [0.25, 0.3) is 5.91 Å². The number of hydrogen-bond donors (Lipinski definition) is 3. The smallest absolute Gasteiger partial charge is 0.408 e. The van der Waals surface area contributed by atoms with Crippen LogP contribution in [0, 0.1) is 19.8 Å². The van der Waals surface area contributed by atoms with Gasteiger partial charge < -0.3 is 25.4 Å². The van der Waals surface area contributed by atoms with Crippen LogP contribution in [0.5, 0.6) is 5.75 Å². The summed E-state index contributed by atoms with van der Waals surface area (Å²) in [6.07, 6.45) is 1.33. The highest BCUT2D eigenvalue weighted by Crippen LogP contribution is 2.34. The Bertz CT molecular complexity index is 1140. The number of amides is 3. The Morgan fingerprint density at radius 1 is 1.00 bits per heavy atom. The number of anilines is 1. The molecule has 0 aliphatic carbocycles. The third-order valence-corrected chi connectivity index (χ3v) is 6.71. The lowest BCUT2D eigenvalue weighted by atomic mass is 9.94. The van der Waals surface area contributed by atoms with Crippen LogP contribution < -0.4 is 10.6 Å². The maximum Gasteiger partial charge on any atom is 0.408 e. The second-order valence-corrected chi connectivity index (χ2v) is 11.1. The highest BCUT2D eigenvalue weighted by Gasteiger charge is 2.39. The van der Waals surface area contributed by atoms with E-state index in [1.54, 1.807) is 52.0 Å². The number of aryl methyl sites for hydroxylation is 2. The Labute approximate surface area is 233 Å². The van der Waals surface area contributed by atoms with Crippen LogP contribution in [0.25, 0.3) is 0 Å². The molecule has 3 unspecified atom stereocenters. The zero-order chi connectivity index (χ0) is 29.3. The first kappa shape index (κ1) is 31.7. The van der Waals surface area contributed by atoms with Crippen molar-refractivity contribution in [1.29, 1.82) is 0 Å². The molecule has 0 bridgehead atoms. The Balaban J connectivity index is 2.61. The summed E-state index contributed by atoms with van der Waals surface area (Å²) in [7, 11) is 0. The number of hydrogen-bond acceptors (Lipinski definition) is 5. The van der Waals surface area contributed by atoms with Crippen molar-refractivity contribution in [2.45, 2.75) is 92.3 Å². The normalized spacial score (nSPS) is 13.6. The number of rotatable bonds is 11. The molecule has 8 nitrogen and oxygen atoms in total. The molecule has 0 fully saturated rings. The minimum absolute atomic E-state index is 0.0445. The predicted octanol–water partition coefficient (Wildman–Crippen LogP) is 6.26. The molecule has 39 heavy (non-hydrogen) atoms. The lowest BCUT2D eigenvalue weighted by molar-refractivity contribution is -0.142. The van der Waals surface area contributed by atoms with E-state index in [9.17, 15) is 19.5 Å². The van der Waals surface area contributed by atoms with E-state index >= 15 is 0 Å². The van der Waals surface area contributed by atoms with Gasteiger partial charge in [-0.15, -0.1) is 0 Å². The van der Waals surface area contributed by atoms with E-state index in [2.05, 4.69) is 10.6 Å². The number of unbranched alkanes of at least 4 members (excludes halogenated alkanes) is 1. The second-order valence-electron chi connectivity index (χ2n) is 11.1. The number of carbonyl (C=O) groups excluding carboxylic acids is 3. The fraction of sp³-hybridized carbons (Fsp3) is 0.516. The van der Waals surface area contributed by atoms with Crippen molar-refractivity contribution < 1.29 is 24.2 Å². The molecule has 0 radical (unpaired) electrons. The number of benzene rings is 2. The number of nitrogens with one attached hydrogen (secondary N) is 2. The molecule has 214 valence electrons. The van der Waals surface area contributed by atoms with Gasteiger partial charge in [0.1, 0.15) is 23.4 Å². The van der Waals surface area contributed by atoms with E-state index in [-0.39, 0.29) is 18.2 Å². The Kier molecular flexibility index (Phi) is 11.4. The Morgan fingerprint density at radius 3 is 2.23 bits per heavy atom. The summed E-state index contributed by atoms with van der Waals surface area (Å²) in [6, 6.07) is 10.5. The van der Waals surface area contributed by atoms with Crippen molar-refractivity contribution in [2.75, 3.05) is 11.9 Å². The fourth-order valence-corrected chi connectivity index (χ4v) is 4.26. The summed E-state index contributed by atoms with van der Waals surface area (Å²) in [5, 5.41) is 16.8. The summed E-state index contributed by atoms with van der Waals surface area (Å²) >= 11 is 0. The van der Waals surface area contributed by atoms with Crippen LogP contribution in [0.2, 0.25) is 0 Å². The number of phenolic OH excluding ortho intramolecular Hbond substituents is 1. The van der Waals surface area contributed by atoms with Gasteiger partial charge in [0, 0.05) is 17.8 Å². The van der Waals surface area contributed by atoms with Crippen LogP contribution in [0.1, 0.15) is 83.5 Å². The van der Waals surface area contributed by atoms with Crippen LogP contribution in [0.4, 0.5) is 10.5 Å². The van der Waals surface area contributed by atoms with E-state index in [1.807, 2.05) is 45.9 Å². The molecule has 8 heteroatoms. The van der Waals surface area contributed by atoms with Crippen LogP contribution in [0.15, 0.2) is 42.5 Å². The number of para-hydroxylation sites is 2. The van der Waals surface area contributed by atoms with Crippen molar-refractivity contribution in [2.24, 2.45) is 5.92 Å². The maximum atomic E-state index is 14.3. The van der Waals surface area contributed by atoms with Gasteiger partial charge in [-0.2, -0.15) is 0 Å². The van der Waals surface area contributed by atoms with Crippen molar-refractivity contribution in [3.05, 3.63) is 59.2 Å². The van der Waals surface area contributed by atoms with Crippen molar-refractivity contribution in [1.82, 2.24) is 10.2 Å². The molecule has 0 saturated heterocycles. The van der Waals surface area contributed by atoms with E-state index in [4.69, 9.17) is 4.74 Å². The van der Waals surface area contributed by atoms with Crippen LogP contribution in [-0.2, 0) is 14.3 Å². The van der Waals surface area contributed by atoms with E-state index < -0.39 is 35.6 Å². The van der Waals surface area contributed by atoms with Gasteiger partial charge >= 0.3 is 6.09 Å². The lowest BCUT2D eigenvalue weighted by Gasteiger charge is -2.36. The van der Waals surface area contributed by atoms with E-state index in [0.717, 1.165) is 12.0 Å². The van der Waals surface area contributed by atoms with Gasteiger partial charge in [-0.3, -0.25) is 9.59 Å². The predicted molar refractivity (Wildman–Crippen MR) is 155 cm³/mol. The number of alkyl carbamates (subject to hydrolysis) is 1. The molecule has 0 aromatic heterocycles. The van der Waals surface area contributed by atoms with E-state index in [1.165, 1.54) is 4.90 Å². The van der Waals surface area contributed by atoms with E-state index in [0.29, 0.717) is 29.7 Å². The lowest BCUT2D eigenvalue weighted by Crippen LogP contribution is -2.55. The summed E-state index contributed by atoms with van der Waals surface area (Å²) in [5.41, 5.74) is 1.67.